The normalized spacial score (nSPS) is 14.9. The summed E-state index contributed by atoms with van der Waals surface area (Å²) in [5.74, 6) is -0.156. The maximum atomic E-state index is 12.8. The lowest BCUT2D eigenvalue weighted by molar-refractivity contribution is 0.106. The van der Waals surface area contributed by atoms with Crippen molar-refractivity contribution < 1.29 is 9.90 Å². The summed E-state index contributed by atoms with van der Waals surface area (Å²) in [4.78, 5) is 24.0. The van der Waals surface area contributed by atoms with Crippen molar-refractivity contribution in [3.05, 3.63) is 35.7 Å². The monoisotopic (exact) mass is 350 g/mol. The first-order valence-electron chi connectivity index (χ1n) is 8.34. The van der Waals surface area contributed by atoms with Gasteiger partial charge in [-0.25, -0.2) is 4.98 Å². The minimum atomic E-state index is -0.280. The van der Waals surface area contributed by atoms with Gasteiger partial charge < -0.3 is 10.0 Å². The number of ketones is 1. The highest BCUT2D eigenvalue weighted by molar-refractivity contribution is 6.54. The molecule has 0 unspecified atom stereocenters. The smallest absolute Gasteiger partial charge is 0.235 e. The zero-order valence-electron chi connectivity index (χ0n) is 14.5. The summed E-state index contributed by atoms with van der Waals surface area (Å²) in [5.41, 5.74) is 2.86. The molecule has 0 spiro atoms. The van der Waals surface area contributed by atoms with E-state index in [9.17, 15) is 9.90 Å². The summed E-state index contributed by atoms with van der Waals surface area (Å²) in [6.45, 7) is 1.40. The van der Waals surface area contributed by atoms with Gasteiger partial charge in [0.25, 0.3) is 0 Å². The topological polar surface area (TPSA) is 107 Å². The molecule has 132 valence electrons. The fourth-order valence-corrected chi connectivity index (χ4v) is 3.04. The van der Waals surface area contributed by atoms with Gasteiger partial charge in [-0.05, 0) is 45.3 Å². The molecule has 1 aliphatic carbocycles. The van der Waals surface area contributed by atoms with Crippen LogP contribution in [0.5, 0.6) is 5.75 Å². The average molecular weight is 350 g/mol. The van der Waals surface area contributed by atoms with E-state index in [1.165, 1.54) is 0 Å². The number of nitrogens with one attached hydrogen (secondary N) is 1. The predicted octanol–water partition coefficient (Wildman–Crippen LogP) is 1.66. The number of phenols is 1. The average Bonchev–Trinajstić information content (AvgIpc) is 3.09. The Morgan fingerprint density at radius 1 is 1.15 bits per heavy atom. The number of aromatic amines is 1. The van der Waals surface area contributed by atoms with Crippen molar-refractivity contribution in [3.8, 4) is 17.0 Å². The molecule has 0 bridgehead atoms. The van der Waals surface area contributed by atoms with Crippen molar-refractivity contribution in [1.29, 1.82) is 0 Å². The van der Waals surface area contributed by atoms with E-state index in [0.717, 1.165) is 23.9 Å². The van der Waals surface area contributed by atoms with Gasteiger partial charge in [-0.1, -0.05) is 0 Å². The van der Waals surface area contributed by atoms with Crippen LogP contribution in [0.2, 0.25) is 0 Å². The summed E-state index contributed by atoms with van der Waals surface area (Å²) >= 11 is 0. The van der Waals surface area contributed by atoms with Gasteiger partial charge in [0.05, 0.1) is 5.52 Å². The van der Waals surface area contributed by atoms with Crippen molar-refractivity contribution in [2.24, 2.45) is 4.99 Å². The first-order valence-corrected chi connectivity index (χ1v) is 8.34. The fourth-order valence-electron chi connectivity index (χ4n) is 3.04. The fraction of sp³-hybridized carbons (Fsp3) is 0.278. The lowest BCUT2D eigenvalue weighted by atomic mass is 9.92. The SMILES string of the molecule is CN(C)CCCN=C1C(=O)c2n[nH]nc2-c2cc3ccc(O)cc3nc21. The Balaban J connectivity index is 1.84. The molecule has 0 fully saturated rings. The number of pyridine rings is 1. The molecule has 0 saturated carbocycles. The van der Waals surface area contributed by atoms with Crippen LogP contribution < -0.4 is 0 Å². The lowest BCUT2D eigenvalue weighted by Gasteiger charge is -2.16. The number of H-pyrrole nitrogens is 1. The van der Waals surface area contributed by atoms with Crippen LogP contribution in [0.4, 0.5) is 0 Å². The Bertz CT molecular complexity index is 1040. The number of aromatic nitrogens is 4. The second kappa shape index (κ2) is 6.30. The van der Waals surface area contributed by atoms with Crippen LogP contribution in [0.1, 0.15) is 22.6 Å². The number of hydrogen-bond donors (Lipinski definition) is 2. The van der Waals surface area contributed by atoms with E-state index in [2.05, 4.69) is 30.3 Å². The standard InChI is InChI=1S/C18H18N6O2/c1-24(2)7-3-6-19-16-14-12(15-17(18(16)26)22-23-21-15)8-10-4-5-11(25)9-13(10)20-14/h4-5,8-9,25H,3,6-7H2,1-2H3,(H,21,22,23). The van der Waals surface area contributed by atoms with E-state index in [1.807, 2.05) is 20.2 Å². The van der Waals surface area contributed by atoms with Crippen LogP contribution in [0.3, 0.4) is 0 Å². The largest absolute Gasteiger partial charge is 0.508 e. The lowest BCUT2D eigenvalue weighted by Crippen LogP contribution is -2.24. The minimum Gasteiger partial charge on any atom is -0.508 e. The summed E-state index contributed by atoms with van der Waals surface area (Å²) in [6.07, 6.45) is 0.832. The number of benzene rings is 1. The summed E-state index contributed by atoms with van der Waals surface area (Å²) in [7, 11) is 3.99. The number of aliphatic imine (C=N–C) groups is 1. The summed E-state index contributed by atoms with van der Waals surface area (Å²) in [6, 6.07) is 6.86. The molecule has 8 nitrogen and oxygen atoms in total. The van der Waals surface area contributed by atoms with Crippen LogP contribution >= 0.6 is 0 Å². The van der Waals surface area contributed by atoms with Crippen LogP contribution in [-0.2, 0) is 0 Å². The van der Waals surface area contributed by atoms with Crippen molar-refractivity contribution in [2.45, 2.75) is 6.42 Å². The third-order valence-corrected chi connectivity index (χ3v) is 4.29. The van der Waals surface area contributed by atoms with E-state index in [4.69, 9.17) is 0 Å². The molecule has 1 aliphatic rings. The Morgan fingerprint density at radius 2 is 1.96 bits per heavy atom. The Hall–Kier alpha value is -3.13. The van der Waals surface area contributed by atoms with Crippen LogP contribution in [0.15, 0.2) is 29.3 Å². The molecule has 0 amide bonds. The Labute approximate surface area is 149 Å². The molecule has 0 atom stereocenters. The van der Waals surface area contributed by atoms with E-state index < -0.39 is 0 Å². The molecular weight excluding hydrogens is 332 g/mol. The van der Waals surface area contributed by atoms with Gasteiger partial charge in [-0.15, -0.1) is 0 Å². The second-order valence-corrected chi connectivity index (χ2v) is 6.50. The number of rotatable bonds is 4. The molecular formula is C18H18N6O2. The Morgan fingerprint density at radius 3 is 2.77 bits per heavy atom. The zero-order chi connectivity index (χ0) is 18.3. The molecule has 2 aromatic heterocycles. The van der Waals surface area contributed by atoms with Gasteiger partial charge in [0, 0.05) is 23.6 Å². The highest BCUT2D eigenvalue weighted by atomic mass is 16.3. The third-order valence-electron chi connectivity index (χ3n) is 4.29. The maximum absolute atomic E-state index is 12.8. The molecule has 2 N–H and O–H groups in total. The van der Waals surface area contributed by atoms with Crippen molar-refractivity contribution >= 4 is 22.4 Å². The van der Waals surface area contributed by atoms with E-state index in [1.54, 1.807) is 18.2 Å². The highest BCUT2D eigenvalue weighted by Crippen LogP contribution is 2.33. The van der Waals surface area contributed by atoms with Gasteiger partial charge in [-0.2, -0.15) is 15.4 Å². The molecule has 8 heteroatoms. The first-order chi connectivity index (χ1) is 12.5. The number of carbonyl (C=O) groups is 1. The van der Waals surface area contributed by atoms with E-state index in [-0.39, 0.29) is 17.2 Å². The van der Waals surface area contributed by atoms with Gasteiger partial charge in [0.2, 0.25) is 5.78 Å². The van der Waals surface area contributed by atoms with E-state index in [0.29, 0.717) is 29.2 Å². The van der Waals surface area contributed by atoms with Crippen LogP contribution in [-0.4, -0.2) is 69.1 Å². The van der Waals surface area contributed by atoms with Crippen LogP contribution in [0, 0.1) is 0 Å². The molecule has 1 aromatic carbocycles. The highest BCUT2D eigenvalue weighted by Gasteiger charge is 2.33. The van der Waals surface area contributed by atoms with Crippen molar-refractivity contribution in [2.75, 3.05) is 27.2 Å². The van der Waals surface area contributed by atoms with E-state index >= 15 is 0 Å². The number of Topliss-reactive ketones (excluding diaryl/α,β-unsaturated/α-hetero) is 1. The Kier molecular flexibility index (Phi) is 3.96. The molecule has 0 radical (unpaired) electrons. The van der Waals surface area contributed by atoms with Crippen molar-refractivity contribution in [1.82, 2.24) is 25.3 Å². The summed E-state index contributed by atoms with van der Waals surface area (Å²) in [5, 5.41) is 21.2. The minimum absolute atomic E-state index is 0.124. The molecule has 26 heavy (non-hydrogen) atoms. The third kappa shape index (κ3) is 2.74. The maximum Gasteiger partial charge on any atom is 0.235 e. The number of fused-ring (bicyclic) bond motifs is 4. The molecule has 3 aromatic rings. The van der Waals surface area contributed by atoms with Gasteiger partial charge in [-0.3, -0.25) is 9.79 Å². The molecule has 2 heterocycles. The number of phenolic OH excluding ortho intramolecular Hbond substituents is 1. The summed E-state index contributed by atoms with van der Waals surface area (Å²) < 4.78 is 0. The van der Waals surface area contributed by atoms with Gasteiger partial charge in [0.15, 0.2) is 5.69 Å². The molecule has 0 aliphatic heterocycles. The number of nitrogens with zero attached hydrogens (tertiary/aromatic N) is 5. The van der Waals surface area contributed by atoms with Crippen LogP contribution in [0.25, 0.3) is 22.2 Å². The molecule has 0 saturated heterocycles. The number of aromatic hydroxyl groups is 1. The zero-order valence-corrected chi connectivity index (χ0v) is 14.5. The predicted molar refractivity (Wildman–Crippen MR) is 97.7 cm³/mol. The van der Waals surface area contributed by atoms with Crippen molar-refractivity contribution in [3.63, 3.8) is 0 Å². The number of hydrogen-bond acceptors (Lipinski definition) is 7. The first kappa shape index (κ1) is 16.3. The van der Waals surface area contributed by atoms with Gasteiger partial charge in [0.1, 0.15) is 22.8 Å². The number of carbonyl (C=O) groups excluding carboxylic acids is 1. The second-order valence-electron chi connectivity index (χ2n) is 6.50. The van der Waals surface area contributed by atoms with Gasteiger partial charge >= 0.3 is 0 Å². The quantitative estimate of drug-likeness (QED) is 0.693. The molecule has 4 rings (SSSR count).